The Kier molecular flexibility index (Phi) is 3.98. The summed E-state index contributed by atoms with van der Waals surface area (Å²) in [6.07, 6.45) is 0.577. The molecule has 2 aromatic carbocycles. The van der Waals surface area contributed by atoms with Crippen molar-refractivity contribution in [1.29, 1.82) is 0 Å². The Labute approximate surface area is 137 Å². The highest BCUT2D eigenvalue weighted by Gasteiger charge is 2.33. The number of halogens is 1. The fraction of sp³-hybridized carbons (Fsp3) is 0.176. The first-order valence-corrected chi connectivity index (χ1v) is 7.76. The summed E-state index contributed by atoms with van der Waals surface area (Å²) in [7, 11) is 0. The van der Waals surface area contributed by atoms with Crippen LogP contribution in [0.5, 0.6) is 5.75 Å². The molecule has 1 N–H and O–H groups in total. The van der Waals surface area contributed by atoms with Crippen molar-refractivity contribution in [2.24, 2.45) is 5.10 Å². The highest BCUT2D eigenvalue weighted by Crippen LogP contribution is 2.38. The molecule has 5 heteroatoms. The number of hydrogen-bond acceptors (Lipinski definition) is 3. The molecule has 1 heterocycles. The van der Waals surface area contributed by atoms with E-state index in [4.69, 9.17) is 0 Å². The van der Waals surface area contributed by atoms with Gasteiger partial charge in [-0.3, -0.25) is 4.79 Å². The lowest BCUT2D eigenvalue weighted by molar-refractivity contribution is -0.130. The Morgan fingerprint density at radius 3 is 2.68 bits per heavy atom. The fourth-order valence-electron chi connectivity index (χ4n) is 2.64. The second-order valence-electron chi connectivity index (χ2n) is 5.20. The van der Waals surface area contributed by atoms with E-state index in [0.29, 0.717) is 12.0 Å². The quantitative estimate of drug-likeness (QED) is 0.886. The molecular weight excluding hydrogens is 344 g/mol. The van der Waals surface area contributed by atoms with Crippen LogP contribution in [0.4, 0.5) is 0 Å². The number of phenolic OH excluding ortho intramolecular Hbond substituents is 1. The van der Waals surface area contributed by atoms with E-state index in [1.165, 1.54) is 11.9 Å². The molecule has 0 bridgehead atoms. The van der Waals surface area contributed by atoms with Crippen molar-refractivity contribution in [1.82, 2.24) is 5.01 Å². The highest BCUT2D eigenvalue weighted by molar-refractivity contribution is 9.10. The molecule has 0 fully saturated rings. The predicted octanol–water partition coefficient (Wildman–Crippen LogP) is 3.85. The van der Waals surface area contributed by atoms with Crippen LogP contribution in [0.3, 0.4) is 0 Å². The van der Waals surface area contributed by atoms with Crippen LogP contribution in [0, 0.1) is 0 Å². The van der Waals surface area contributed by atoms with Gasteiger partial charge in [0.15, 0.2) is 0 Å². The van der Waals surface area contributed by atoms with Gasteiger partial charge >= 0.3 is 0 Å². The zero-order valence-corrected chi connectivity index (χ0v) is 13.6. The number of rotatable bonds is 2. The Bertz CT molecular complexity index is 744. The molecule has 0 aliphatic carbocycles. The van der Waals surface area contributed by atoms with E-state index < -0.39 is 0 Å². The summed E-state index contributed by atoms with van der Waals surface area (Å²) in [5.74, 6) is 0.0271. The van der Waals surface area contributed by atoms with E-state index in [1.54, 1.807) is 12.1 Å². The average molecular weight is 359 g/mol. The van der Waals surface area contributed by atoms with E-state index in [0.717, 1.165) is 15.7 Å². The third-order valence-electron chi connectivity index (χ3n) is 3.69. The number of aromatic hydroxyl groups is 1. The van der Waals surface area contributed by atoms with Gasteiger partial charge in [0.1, 0.15) is 5.75 Å². The lowest BCUT2D eigenvalue weighted by atomic mass is 9.98. The molecule has 1 amide bonds. The first kappa shape index (κ1) is 14.8. The number of carbonyl (C=O) groups is 1. The lowest BCUT2D eigenvalue weighted by Crippen LogP contribution is -2.24. The summed E-state index contributed by atoms with van der Waals surface area (Å²) >= 11 is 3.41. The van der Waals surface area contributed by atoms with Gasteiger partial charge in [-0.15, -0.1) is 0 Å². The Morgan fingerprint density at radius 2 is 2.00 bits per heavy atom. The monoisotopic (exact) mass is 358 g/mol. The number of hydrazone groups is 1. The SMILES string of the molecule is CC(=O)N1N=C(c2ccccc2)C[C@H]1c1cc(Br)ccc1O. The molecule has 112 valence electrons. The molecule has 2 aromatic rings. The third kappa shape index (κ3) is 2.76. The van der Waals surface area contributed by atoms with Crippen molar-refractivity contribution >= 4 is 27.5 Å². The summed E-state index contributed by atoms with van der Waals surface area (Å²) in [6.45, 7) is 1.49. The number of benzene rings is 2. The number of nitrogens with zero attached hydrogens (tertiary/aromatic N) is 2. The summed E-state index contributed by atoms with van der Waals surface area (Å²) in [5.41, 5.74) is 2.53. The van der Waals surface area contributed by atoms with Gasteiger partial charge in [-0.1, -0.05) is 46.3 Å². The second-order valence-corrected chi connectivity index (χ2v) is 6.12. The van der Waals surface area contributed by atoms with Crippen molar-refractivity contribution in [2.45, 2.75) is 19.4 Å². The van der Waals surface area contributed by atoms with Crippen LogP contribution in [0.15, 0.2) is 58.1 Å². The number of carbonyl (C=O) groups excluding carboxylic acids is 1. The largest absolute Gasteiger partial charge is 0.508 e. The van der Waals surface area contributed by atoms with Crippen LogP contribution in [-0.4, -0.2) is 21.7 Å². The maximum absolute atomic E-state index is 11.9. The molecule has 1 aliphatic rings. The van der Waals surface area contributed by atoms with Crippen LogP contribution >= 0.6 is 15.9 Å². The molecule has 0 radical (unpaired) electrons. The molecule has 0 unspecified atom stereocenters. The van der Waals surface area contributed by atoms with Crippen LogP contribution in [0.1, 0.15) is 30.5 Å². The minimum Gasteiger partial charge on any atom is -0.508 e. The molecule has 1 atom stereocenters. The third-order valence-corrected chi connectivity index (χ3v) is 4.18. The van der Waals surface area contributed by atoms with Crippen LogP contribution in [0.2, 0.25) is 0 Å². The minimum absolute atomic E-state index is 0.143. The van der Waals surface area contributed by atoms with Gasteiger partial charge in [0.05, 0.1) is 11.8 Å². The highest BCUT2D eigenvalue weighted by atomic mass is 79.9. The van der Waals surface area contributed by atoms with Gasteiger partial charge in [-0.25, -0.2) is 5.01 Å². The van der Waals surface area contributed by atoms with E-state index in [9.17, 15) is 9.90 Å². The Balaban J connectivity index is 2.00. The first-order chi connectivity index (χ1) is 10.6. The standard InChI is InChI=1S/C17H15BrN2O2/c1-11(21)20-16(14-9-13(18)7-8-17(14)22)10-15(19-20)12-5-3-2-4-6-12/h2-9,16,22H,10H2,1H3/t16-/m0/s1. The molecule has 4 nitrogen and oxygen atoms in total. The van der Waals surface area contributed by atoms with Gasteiger partial charge in [-0.2, -0.15) is 5.10 Å². The van der Waals surface area contributed by atoms with Gasteiger partial charge in [0.25, 0.3) is 0 Å². The zero-order valence-electron chi connectivity index (χ0n) is 12.0. The molecule has 3 rings (SSSR count). The van der Waals surface area contributed by atoms with Gasteiger partial charge < -0.3 is 5.11 Å². The maximum atomic E-state index is 11.9. The van der Waals surface area contributed by atoms with Crippen molar-refractivity contribution < 1.29 is 9.90 Å². The van der Waals surface area contributed by atoms with Gasteiger partial charge in [0.2, 0.25) is 5.91 Å². The topological polar surface area (TPSA) is 52.9 Å². The first-order valence-electron chi connectivity index (χ1n) is 6.97. The van der Waals surface area contributed by atoms with E-state index in [1.807, 2.05) is 36.4 Å². The van der Waals surface area contributed by atoms with Gasteiger partial charge in [0, 0.05) is 23.4 Å². The summed E-state index contributed by atoms with van der Waals surface area (Å²) in [5, 5.41) is 16.1. The lowest BCUT2D eigenvalue weighted by Gasteiger charge is -2.21. The van der Waals surface area contributed by atoms with Crippen molar-refractivity contribution in [3.63, 3.8) is 0 Å². The predicted molar refractivity (Wildman–Crippen MR) is 88.7 cm³/mol. The molecule has 1 aliphatic heterocycles. The molecule has 0 saturated heterocycles. The smallest absolute Gasteiger partial charge is 0.240 e. The van der Waals surface area contributed by atoms with Crippen LogP contribution in [-0.2, 0) is 4.79 Å². The Hall–Kier alpha value is -2.14. The Morgan fingerprint density at radius 1 is 1.27 bits per heavy atom. The molecule has 0 saturated carbocycles. The van der Waals surface area contributed by atoms with Crippen molar-refractivity contribution in [3.05, 3.63) is 64.1 Å². The second kappa shape index (κ2) is 5.93. The zero-order chi connectivity index (χ0) is 15.7. The minimum atomic E-state index is -0.287. The fourth-order valence-corrected chi connectivity index (χ4v) is 3.02. The van der Waals surface area contributed by atoms with E-state index >= 15 is 0 Å². The summed E-state index contributed by atoms with van der Waals surface area (Å²) < 4.78 is 0.858. The van der Waals surface area contributed by atoms with Crippen LogP contribution < -0.4 is 0 Å². The summed E-state index contributed by atoms with van der Waals surface area (Å²) in [4.78, 5) is 11.9. The maximum Gasteiger partial charge on any atom is 0.240 e. The van der Waals surface area contributed by atoms with Crippen molar-refractivity contribution in [2.75, 3.05) is 0 Å². The molecule has 0 aromatic heterocycles. The number of hydrogen-bond donors (Lipinski definition) is 1. The van der Waals surface area contributed by atoms with E-state index in [-0.39, 0.29) is 17.7 Å². The number of amides is 1. The van der Waals surface area contributed by atoms with Gasteiger partial charge in [-0.05, 0) is 23.8 Å². The van der Waals surface area contributed by atoms with Crippen LogP contribution in [0.25, 0.3) is 0 Å². The number of phenols is 1. The molecule has 0 spiro atoms. The summed E-state index contributed by atoms with van der Waals surface area (Å²) in [6, 6.07) is 14.7. The average Bonchev–Trinajstić information content (AvgIpc) is 2.96. The normalized spacial score (nSPS) is 17.5. The van der Waals surface area contributed by atoms with Crippen molar-refractivity contribution in [3.8, 4) is 5.75 Å². The molecule has 22 heavy (non-hydrogen) atoms. The van der Waals surface area contributed by atoms with E-state index in [2.05, 4.69) is 21.0 Å². The molecular formula is C17H15BrN2O2.